The molecular weight excluding hydrogens is 190 g/mol. The number of benzene rings is 1. The van der Waals surface area contributed by atoms with Crippen molar-refractivity contribution in [3.8, 4) is 18.1 Å². The number of rotatable bonds is 2. The van der Waals surface area contributed by atoms with Crippen LogP contribution in [-0.2, 0) is 10.3 Å². The maximum absolute atomic E-state index is 10.5. The SMILES string of the molecule is C#Cc1cccc(OS(N)(=O)=O)c1. The first-order valence-corrected chi connectivity index (χ1v) is 4.77. The van der Waals surface area contributed by atoms with Crippen LogP contribution in [-0.4, -0.2) is 8.42 Å². The molecule has 0 bridgehead atoms. The summed E-state index contributed by atoms with van der Waals surface area (Å²) in [7, 11) is -3.97. The molecule has 13 heavy (non-hydrogen) atoms. The van der Waals surface area contributed by atoms with E-state index in [2.05, 4.69) is 15.2 Å². The Morgan fingerprint density at radius 2 is 2.15 bits per heavy atom. The maximum atomic E-state index is 10.5. The van der Waals surface area contributed by atoms with Crippen molar-refractivity contribution in [2.45, 2.75) is 0 Å². The second-order valence-corrected chi connectivity index (χ2v) is 3.40. The summed E-state index contributed by atoms with van der Waals surface area (Å²) in [6.45, 7) is 0. The predicted octanol–water partition coefficient (Wildman–Crippen LogP) is 0.250. The van der Waals surface area contributed by atoms with Gasteiger partial charge in [0.2, 0.25) is 0 Å². The molecule has 1 aromatic rings. The average molecular weight is 197 g/mol. The summed E-state index contributed by atoms with van der Waals surface area (Å²) in [4.78, 5) is 0. The van der Waals surface area contributed by atoms with Gasteiger partial charge in [-0.05, 0) is 18.2 Å². The highest BCUT2D eigenvalue weighted by atomic mass is 32.2. The molecule has 0 aliphatic heterocycles. The molecule has 0 aliphatic carbocycles. The normalized spacial score (nSPS) is 10.5. The summed E-state index contributed by atoms with van der Waals surface area (Å²) in [5.41, 5.74) is 0.529. The van der Waals surface area contributed by atoms with Crippen LogP contribution in [0.25, 0.3) is 0 Å². The summed E-state index contributed by atoms with van der Waals surface area (Å²) in [5, 5.41) is 4.66. The van der Waals surface area contributed by atoms with Crippen molar-refractivity contribution in [2.24, 2.45) is 5.14 Å². The van der Waals surface area contributed by atoms with E-state index in [0.29, 0.717) is 5.56 Å². The largest absolute Gasteiger partial charge is 0.380 e. The zero-order valence-corrected chi connectivity index (χ0v) is 7.41. The van der Waals surface area contributed by atoms with Crippen molar-refractivity contribution in [1.29, 1.82) is 0 Å². The fourth-order valence-corrected chi connectivity index (χ4v) is 1.14. The van der Waals surface area contributed by atoms with Crippen LogP contribution >= 0.6 is 0 Å². The van der Waals surface area contributed by atoms with Gasteiger partial charge in [0.05, 0.1) is 0 Å². The highest BCUT2D eigenvalue weighted by molar-refractivity contribution is 7.84. The molecule has 0 amide bonds. The fourth-order valence-electron chi connectivity index (χ4n) is 0.772. The minimum atomic E-state index is -3.97. The van der Waals surface area contributed by atoms with Gasteiger partial charge in [0.25, 0.3) is 0 Å². The molecule has 0 spiro atoms. The second-order valence-electron chi connectivity index (χ2n) is 2.25. The van der Waals surface area contributed by atoms with Crippen molar-refractivity contribution in [3.05, 3.63) is 29.8 Å². The quantitative estimate of drug-likeness (QED) is 0.691. The number of hydrogen-bond acceptors (Lipinski definition) is 3. The van der Waals surface area contributed by atoms with Crippen LogP contribution in [0.4, 0.5) is 0 Å². The second kappa shape index (κ2) is 3.47. The van der Waals surface area contributed by atoms with Gasteiger partial charge in [0, 0.05) is 5.56 Å². The van der Waals surface area contributed by atoms with Crippen LogP contribution in [0.15, 0.2) is 24.3 Å². The molecule has 0 radical (unpaired) electrons. The molecule has 5 heteroatoms. The third kappa shape index (κ3) is 3.15. The third-order valence-corrected chi connectivity index (χ3v) is 1.64. The lowest BCUT2D eigenvalue weighted by atomic mass is 10.2. The van der Waals surface area contributed by atoms with Gasteiger partial charge in [0.15, 0.2) is 0 Å². The van der Waals surface area contributed by atoms with Crippen LogP contribution in [0.3, 0.4) is 0 Å². The standard InChI is InChI=1S/C8H7NO3S/c1-2-7-4-3-5-8(6-7)12-13(9,10)11/h1,3-6H,(H2,9,10,11). The molecule has 1 aromatic carbocycles. The van der Waals surface area contributed by atoms with Gasteiger partial charge in [-0.3, -0.25) is 0 Å². The lowest BCUT2D eigenvalue weighted by molar-refractivity contribution is 0.487. The average Bonchev–Trinajstić information content (AvgIpc) is 2.01. The third-order valence-electron chi connectivity index (χ3n) is 1.21. The predicted molar refractivity (Wildman–Crippen MR) is 48.1 cm³/mol. The van der Waals surface area contributed by atoms with E-state index in [1.165, 1.54) is 12.1 Å². The molecule has 0 heterocycles. The van der Waals surface area contributed by atoms with Gasteiger partial charge < -0.3 is 4.18 Å². The van der Waals surface area contributed by atoms with Crippen molar-refractivity contribution >= 4 is 10.3 Å². The van der Waals surface area contributed by atoms with Gasteiger partial charge in [-0.1, -0.05) is 12.0 Å². The van der Waals surface area contributed by atoms with E-state index in [0.717, 1.165) is 0 Å². The fraction of sp³-hybridized carbons (Fsp3) is 0. The minimum Gasteiger partial charge on any atom is -0.371 e. The molecule has 1 rings (SSSR count). The zero-order valence-electron chi connectivity index (χ0n) is 6.60. The van der Waals surface area contributed by atoms with Gasteiger partial charge in [-0.2, -0.15) is 13.6 Å². The molecule has 0 atom stereocenters. The molecule has 0 saturated heterocycles. The summed E-state index contributed by atoms with van der Waals surface area (Å²) in [5.74, 6) is 2.45. The van der Waals surface area contributed by atoms with Gasteiger partial charge in [-0.15, -0.1) is 6.42 Å². The molecular formula is C8H7NO3S. The highest BCUT2D eigenvalue weighted by Crippen LogP contribution is 2.13. The van der Waals surface area contributed by atoms with Crippen molar-refractivity contribution in [2.75, 3.05) is 0 Å². The Morgan fingerprint density at radius 1 is 1.46 bits per heavy atom. The summed E-state index contributed by atoms with van der Waals surface area (Å²) >= 11 is 0. The van der Waals surface area contributed by atoms with Crippen molar-refractivity contribution in [3.63, 3.8) is 0 Å². The molecule has 0 aromatic heterocycles. The highest BCUT2D eigenvalue weighted by Gasteiger charge is 2.04. The first-order valence-electron chi connectivity index (χ1n) is 3.30. The van der Waals surface area contributed by atoms with E-state index in [1.807, 2.05) is 0 Å². The monoisotopic (exact) mass is 197 g/mol. The molecule has 68 valence electrons. The summed E-state index contributed by atoms with van der Waals surface area (Å²) < 4.78 is 25.4. The van der Waals surface area contributed by atoms with Crippen LogP contribution in [0.1, 0.15) is 5.56 Å². The molecule has 0 fully saturated rings. The Kier molecular flexibility index (Phi) is 2.56. The first kappa shape index (κ1) is 9.58. The van der Waals surface area contributed by atoms with Crippen LogP contribution in [0, 0.1) is 12.3 Å². The number of terminal acetylenes is 1. The van der Waals surface area contributed by atoms with Gasteiger partial charge >= 0.3 is 10.3 Å². The Morgan fingerprint density at radius 3 is 2.69 bits per heavy atom. The van der Waals surface area contributed by atoms with E-state index in [1.54, 1.807) is 12.1 Å². The summed E-state index contributed by atoms with van der Waals surface area (Å²) in [6, 6.07) is 6.08. The number of nitrogens with two attached hydrogens (primary N) is 1. The van der Waals surface area contributed by atoms with Gasteiger partial charge in [-0.25, -0.2) is 0 Å². The first-order chi connectivity index (χ1) is 6.01. The smallest absolute Gasteiger partial charge is 0.371 e. The van der Waals surface area contributed by atoms with Crippen LogP contribution < -0.4 is 9.32 Å². The topological polar surface area (TPSA) is 69.4 Å². The lowest BCUT2D eigenvalue weighted by Gasteiger charge is -2.01. The molecule has 0 saturated carbocycles. The Hall–Kier alpha value is -1.51. The number of hydrogen-bond donors (Lipinski definition) is 1. The Balaban J connectivity index is 2.99. The van der Waals surface area contributed by atoms with E-state index >= 15 is 0 Å². The van der Waals surface area contributed by atoms with E-state index in [-0.39, 0.29) is 5.75 Å². The Labute approximate surface area is 76.6 Å². The molecule has 2 N–H and O–H groups in total. The van der Waals surface area contributed by atoms with E-state index in [9.17, 15) is 8.42 Å². The lowest BCUT2D eigenvalue weighted by Crippen LogP contribution is -2.18. The van der Waals surface area contributed by atoms with Gasteiger partial charge in [0.1, 0.15) is 5.75 Å². The van der Waals surface area contributed by atoms with E-state index < -0.39 is 10.3 Å². The van der Waals surface area contributed by atoms with Crippen LogP contribution in [0.5, 0.6) is 5.75 Å². The summed E-state index contributed by atoms with van der Waals surface area (Å²) in [6.07, 6.45) is 5.10. The van der Waals surface area contributed by atoms with Crippen molar-refractivity contribution < 1.29 is 12.6 Å². The van der Waals surface area contributed by atoms with Crippen LogP contribution in [0.2, 0.25) is 0 Å². The van der Waals surface area contributed by atoms with E-state index in [4.69, 9.17) is 6.42 Å². The Bertz CT molecular complexity index is 445. The minimum absolute atomic E-state index is 0.109. The maximum Gasteiger partial charge on any atom is 0.380 e. The molecule has 0 aliphatic rings. The zero-order chi connectivity index (χ0) is 9.90. The molecule has 0 unspecified atom stereocenters. The van der Waals surface area contributed by atoms with Crippen molar-refractivity contribution in [1.82, 2.24) is 0 Å². The molecule has 4 nitrogen and oxygen atoms in total.